The quantitative estimate of drug-likeness (QED) is 0.813. The first-order valence-corrected chi connectivity index (χ1v) is 9.82. The van der Waals surface area contributed by atoms with E-state index in [2.05, 4.69) is 43.1 Å². The normalized spacial score (nSPS) is 16.6. The minimum Gasteiger partial charge on any atom is -0.379 e. The number of amides is 1. The lowest BCUT2D eigenvalue weighted by atomic mass is 9.86. The Morgan fingerprint density at radius 3 is 2.36 bits per heavy atom. The van der Waals surface area contributed by atoms with E-state index in [4.69, 9.17) is 16.3 Å². The van der Waals surface area contributed by atoms with Crippen molar-refractivity contribution in [2.45, 2.75) is 32.4 Å². The summed E-state index contributed by atoms with van der Waals surface area (Å²) in [7, 11) is 0. The molecule has 1 fully saturated rings. The molecule has 1 atom stereocenters. The van der Waals surface area contributed by atoms with Gasteiger partial charge in [0.1, 0.15) is 12.0 Å². The van der Waals surface area contributed by atoms with Crippen molar-refractivity contribution in [2.75, 3.05) is 26.3 Å². The van der Waals surface area contributed by atoms with Crippen molar-refractivity contribution in [1.29, 1.82) is 0 Å². The Morgan fingerprint density at radius 2 is 1.79 bits per heavy atom. The summed E-state index contributed by atoms with van der Waals surface area (Å²) < 4.78 is 19.6. The predicted molar refractivity (Wildman–Crippen MR) is 109 cm³/mol. The zero-order chi connectivity index (χ0) is 20.3. The molecule has 0 spiro atoms. The molecule has 1 N–H and O–H groups in total. The molecule has 6 heteroatoms. The maximum atomic E-state index is 14.2. The molecule has 4 nitrogen and oxygen atoms in total. The van der Waals surface area contributed by atoms with Gasteiger partial charge < -0.3 is 10.1 Å². The lowest BCUT2D eigenvalue weighted by molar-refractivity contribution is 0.00842. The molecule has 0 radical (unpaired) electrons. The number of nitrogens with zero attached hydrogens (tertiary/aromatic N) is 1. The summed E-state index contributed by atoms with van der Waals surface area (Å²) in [5, 5.41) is 3.06. The molecule has 2 aromatic rings. The van der Waals surface area contributed by atoms with Gasteiger partial charge in [-0.15, -0.1) is 0 Å². The average molecular weight is 405 g/mol. The number of carbonyl (C=O) groups excluding carboxylic acids is 1. The van der Waals surface area contributed by atoms with Crippen LogP contribution in [0.15, 0.2) is 42.5 Å². The van der Waals surface area contributed by atoms with E-state index in [0.717, 1.165) is 5.56 Å². The van der Waals surface area contributed by atoms with Crippen LogP contribution in [0.4, 0.5) is 4.39 Å². The van der Waals surface area contributed by atoms with Gasteiger partial charge in [-0.25, -0.2) is 4.39 Å². The van der Waals surface area contributed by atoms with Crippen LogP contribution in [0, 0.1) is 5.82 Å². The Morgan fingerprint density at radius 1 is 1.14 bits per heavy atom. The molecule has 1 heterocycles. The summed E-state index contributed by atoms with van der Waals surface area (Å²) in [6, 6.07) is 12.4. The van der Waals surface area contributed by atoms with Crippen molar-refractivity contribution >= 4 is 17.5 Å². The predicted octanol–water partition coefficient (Wildman–Crippen LogP) is 4.54. The van der Waals surface area contributed by atoms with Gasteiger partial charge in [-0.3, -0.25) is 9.69 Å². The van der Waals surface area contributed by atoms with Crippen LogP contribution in [0.2, 0.25) is 5.02 Å². The molecule has 1 amide bonds. The number of hydrogen-bond donors (Lipinski definition) is 1. The Hall–Kier alpha value is -1.95. The van der Waals surface area contributed by atoms with Gasteiger partial charge in [0.05, 0.1) is 23.8 Å². The molecule has 0 aromatic heterocycles. The van der Waals surface area contributed by atoms with Gasteiger partial charge in [0.15, 0.2) is 0 Å². The van der Waals surface area contributed by atoms with E-state index in [0.29, 0.717) is 26.3 Å². The second-order valence-corrected chi connectivity index (χ2v) is 8.40. The molecule has 3 rings (SSSR count). The summed E-state index contributed by atoms with van der Waals surface area (Å²) in [6.07, 6.45) is -0.388. The number of halogens is 2. The minimum absolute atomic E-state index is 0.0386. The second-order valence-electron chi connectivity index (χ2n) is 7.99. The van der Waals surface area contributed by atoms with E-state index < -0.39 is 11.7 Å². The highest BCUT2D eigenvalue weighted by atomic mass is 35.5. The Kier molecular flexibility index (Phi) is 6.38. The summed E-state index contributed by atoms with van der Waals surface area (Å²) in [4.78, 5) is 15.0. The van der Waals surface area contributed by atoms with E-state index in [-0.39, 0.29) is 22.2 Å². The van der Waals surface area contributed by atoms with Crippen molar-refractivity contribution in [3.8, 4) is 0 Å². The summed E-state index contributed by atoms with van der Waals surface area (Å²) >= 11 is 6.08. The maximum absolute atomic E-state index is 14.2. The smallest absolute Gasteiger partial charge is 0.257 e. The van der Waals surface area contributed by atoms with E-state index in [1.807, 2.05) is 12.1 Å². The number of carbonyl (C=O) groups is 1. The summed E-state index contributed by atoms with van der Waals surface area (Å²) in [6.45, 7) is 9.00. The molecule has 28 heavy (non-hydrogen) atoms. The summed E-state index contributed by atoms with van der Waals surface area (Å²) in [5.41, 5.74) is 2.06. The van der Waals surface area contributed by atoms with Crippen molar-refractivity contribution < 1.29 is 13.9 Å². The van der Waals surface area contributed by atoms with Crippen molar-refractivity contribution in [3.05, 3.63) is 70.0 Å². The van der Waals surface area contributed by atoms with E-state index in [1.54, 1.807) is 0 Å². The van der Waals surface area contributed by atoms with Gasteiger partial charge >= 0.3 is 0 Å². The summed E-state index contributed by atoms with van der Waals surface area (Å²) in [5.74, 6) is -1.16. The Bertz CT molecular complexity index is 807. The van der Waals surface area contributed by atoms with Crippen LogP contribution in [-0.2, 0) is 10.2 Å². The molecule has 1 aliphatic heterocycles. The highest BCUT2D eigenvalue weighted by Crippen LogP contribution is 2.27. The second kappa shape index (κ2) is 8.60. The number of nitrogens with one attached hydrogen (secondary N) is 1. The third-order valence-electron chi connectivity index (χ3n) is 4.96. The third kappa shape index (κ3) is 4.72. The van der Waals surface area contributed by atoms with Crippen LogP contribution in [-0.4, -0.2) is 37.1 Å². The largest absolute Gasteiger partial charge is 0.379 e. The number of rotatable bonds is 4. The first-order valence-electron chi connectivity index (χ1n) is 9.44. The average Bonchev–Trinajstić information content (AvgIpc) is 2.66. The molecule has 1 aliphatic rings. The fraction of sp³-hybridized carbons (Fsp3) is 0.409. The van der Waals surface area contributed by atoms with Gasteiger partial charge in [-0.2, -0.15) is 0 Å². The first kappa shape index (κ1) is 20.8. The van der Waals surface area contributed by atoms with Crippen LogP contribution in [0.25, 0.3) is 0 Å². The molecule has 2 aromatic carbocycles. The lowest BCUT2D eigenvalue weighted by Crippen LogP contribution is -2.46. The fourth-order valence-corrected chi connectivity index (χ4v) is 3.55. The number of ether oxygens (including phenoxy) is 1. The molecule has 1 saturated heterocycles. The molecular weight excluding hydrogens is 379 g/mol. The van der Waals surface area contributed by atoms with Crippen molar-refractivity contribution in [1.82, 2.24) is 10.2 Å². The van der Waals surface area contributed by atoms with Gasteiger partial charge in [0.25, 0.3) is 5.91 Å². The SMILES string of the molecule is CC(C)(C)c1ccc(C(NC(=O)c2c(F)cccc2Cl)N2CCOCC2)cc1. The van der Waals surface area contributed by atoms with Crippen LogP contribution in [0.1, 0.15) is 48.4 Å². The monoisotopic (exact) mass is 404 g/mol. The van der Waals surface area contributed by atoms with Crippen molar-refractivity contribution in [2.24, 2.45) is 0 Å². The van der Waals surface area contributed by atoms with E-state index >= 15 is 0 Å². The zero-order valence-electron chi connectivity index (χ0n) is 16.5. The van der Waals surface area contributed by atoms with Gasteiger partial charge in [0.2, 0.25) is 0 Å². The highest BCUT2D eigenvalue weighted by Gasteiger charge is 2.27. The van der Waals surface area contributed by atoms with Gasteiger partial charge in [0, 0.05) is 13.1 Å². The number of benzene rings is 2. The molecule has 0 bridgehead atoms. The standard InChI is InChI=1S/C22H26ClFN2O2/c1-22(2,3)16-9-7-15(8-10-16)20(26-11-13-28-14-12-26)25-21(27)19-17(23)5-4-6-18(19)24/h4-10,20H,11-14H2,1-3H3,(H,25,27). The maximum Gasteiger partial charge on any atom is 0.257 e. The molecule has 0 saturated carbocycles. The topological polar surface area (TPSA) is 41.6 Å². The lowest BCUT2D eigenvalue weighted by Gasteiger charge is -2.35. The van der Waals surface area contributed by atoms with Crippen LogP contribution in [0.5, 0.6) is 0 Å². The van der Waals surface area contributed by atoms with E-state index in [1.165, 1.54) is 23.8 Å². The number of hydrogen-bond acceptors (Lipinski definition) is 3. The highest BCUT2D eigenvalue weighted by molar-refractivity contribution is 6.33. The van der Waals surface area contributed by atoms with Crippen LogP contribution >= 0.6 is 11.6 Å². The molecule has 0 aliphatic carbocycles. The van der Waals surface area contributed by atoms with Crippen molar-refractivity contribution in [3.63, 3.8) is 0 Å². The third-order valence-corrected chi connectivity index (χ3v) is 5.28. The van der Waals surface area contributed by atoms with Gasteiger partial charge in [-0.05, 0) is 28.7 Å². The first-order chi connectivity index (χ1) is 13.3. The van der Waals surface area contributed by atoms with Crippen LogP contribution in [0.3, 0.4) is 0 Å². The zero-order valence-corrected chi connectivity index (χ0v) is 17.2. The molecular formula is C22H26ClFN2O2. The Balaban J connectivity index is 1.90. The number of morpholine rings is 1. The van der Waals surface area contributed by atoms with Crippen LogP contribution < -0.4 is 5.32 Å². The molecule has 150 valence electrons. The van der Waals surface area contributed by atoms with E-state index in [9.17, 15) is 9.18 Å². The Labute approximate surface area is 170 Å². The minimum atomic E-state index is -0.631. The molecule has 1 unspecified atom stereocenters. The van der Waals surface area contributed by atoms with Gasteiger partial charge in [-0.1, -0.05) is 62.7 Å². The fourth-order valence-electron chi connectivity index (χ4n) is 3.30.